The monoisotopic (exact) mass is 418 g/mol. The normalized spacial score (nSPS) is 17.8. The van der Waals surface area contributed by atoms with E-state index in [1.807, 2.05) is 6.26 Å². The summed E-state index contributed by atoms with van der Waals surface area (Å²) in [5, 5.41) is 3.54. The van der Waals surface area contributed by atoms with Gasteiger partial charge in [0.25, 0.3) is 5.91 Å². The number of thioether (sulfide) groups is 1. The van der Waals surface area contributed by atoms with Crippen LogP contribution in [-0.2, 0) is 9.53 Å². The van der Waals surface area contributed by atoms with Crippen LogP contribution >= 0.6 is 35.0 Å². The van der Waals surface area contributed by atoms with Crippen LogP contribution in [0.15, 0.2) is 18.2 Å². The molecule has 144 valence electrons. The van der Waals surface area contributed by atoms with Crippen LogP contribution < -0.4 is 5.32 Å². The lowest BCUT2D eigenvalue weighted by atomic mass is 10.1. The molecule has 0 spiro atoms. The first kappa shape index (κ1) is 21.4. The van der Waals surface area contributed by atoms with Crippen molar-refractivity contribution in [2.45, 2.75) is 31.4 Å². The number of carbonyl (C=O) groups excluding carboxylic acids is 2. The molecule has 1 fully saturated rings. The number of hydrogen-bond acceptors (Lipinski definition) is 4. The summed E-state index contributed by atoms with van der Waals surface area (Å²) in [6.45, 7) is 1.28. The summed E-state index contributed by atoms with van der Waals surface area (Å²) < 4.78 is 5.60. The Hall–Kier alpha value is -0.950. The van der Waals surface area contributed by atoms with Gasteiger partial charge in [-0.25, -0.2) is 0 Å². The van der Waals surface area contributed by atoms with E-state index in [9.17, 15) is 9.59 Å². The summed E-state index contributed by atoms with van der Waals surface area (Å²) in [5.74, 6) is 0.267. The third kappa shape index (κ3) is 6.05. The lowest BCUT2D eigenvalue weighted by molar-refractivity contribution is -0.133. The second-order valence-electron chi connectivity index (χ2n) is 6.29. The van der Waals surface area contributed by atoms with E-state index in [2.05, 4.69) is 5.32 Å². The van der Waals surface area contributed by atoms with Gasteiger partial charge in [0.2, 0.25) is 5.91 Å². The maximum Gasteiger partial charge on any atom is 0.253 e. The van der Waals surface area contributed by atoms with Crippen molar-refractivity contribution in [1.29, 1.82) is 0 Å². The van der Waals surface area contributed by atoms with Gasteiger partial charge < -0.3 is 15.0 Å². The van der Waals surface area contributed by atoms with Crippen LogP contribution in [0.2, 0.25) is 10.0 Å². The Morgan fingerprint density at radius 3 is 2.81 bits per heavy atom. The highest BCUT2D eigenvalue weighted by atomic mass is 35.5. The van der Waals surface area contributed by atoms with Gasteiger partial charge in [0.1, 0.15) is 6.04 Å². The second kappa shape index (κ2) is 10.4. The van der Waals surface area contributed by atoms with E-state index in [1.165, 1.54) is 6.07 Å². The van der Waals surface area contributed by atoms with Gasteiger partial charge >= 0.3 is 0 Å². The minimum Gasteiger partial charge on any atom is -0.376 e. The largest absolute Gasteiger partial charge is 0.376 e. The van der Waals surface area contributed by atoms with Crippen molar-refractivity contribution in [3.63, 3.8) is 0 Å². The third-order valence-corrected chi connectivity index (χ3v) is 5.46. The van der Waals surface area contributed by atoms with Crippen LogP contribution in [0.3, 0.4) is 0 Å². The molecule has 8 heteroatoms. The van der Waals surface area contributed by atoms with Gasteiger partial charge in [-0.2, -0.15) is 11.8 Å². The van der Waals surface area contributed by atoms with Crippen LogP contribution in [0.25, 0.3) is 0 Å². The zero-order valence-electron chi connectivity index (χ0n) is 15.0. The number of rotatable bonds is 8. The summed E-state index contributed by atoms with van der Waals surface area (Å²) in [6.07, 6.45) is 4.57. The summed E-state index contributed by atoms with van der Waals surface area (Å²) in [6, 6.07) is 4.07. The van der Waals surface area contributed by atoms with Gasteiger partial charge in [0.15, 0.2) is 0 Å². The lowest BCUT2D eigenvalue weighted by Crippen LogP contribution is -2.49. The molecular weight excluding hydrogens is 395 g/mol. The van der Waals surface area contributed by atoms with E-state index in [-0.39, 0.29) is 22.9 Å². The van der Waals surface area contributed by atoms with Crippen molar-refractivity contribution in [1.82, 2.24) is 10.2 Å². The Bertz CT molecular complexity index is 639. The molecule has 2 rings (SSSR count). The molecule has 2 atom stereocenters. The smallest absolute Gasteiger partial charge is 0.253 e. The summed E-state index contributed by atoms with van der Waals surface area (Å²) in [4.78, 5) is 27.1. The highest BCUT2D eigenvalue weighted by Gasteiger charge is 2.27. The Morgan fingerprint density at radius 2 is 2.19 bits per heavy atom. The molecule has 26 heavy (non-hydrogen) atoms. The molecule has 0 bridgehead atoms. The number of nitrogens with zero attached hydrogens (tertiary/aromatic N) is 1. The molecule has 1 heterocycles. The predicted molar refractivity (Wildman–Crippen MR) is 107 cm³/mol. The van der Waals surface area contributed by atoms with Crippen LogP contribution in [0, 0.1) is 0 Å². The average molecular weight is 419 g/mol. The topological polar surface area (TPSA) is 58.6 Å². The molecule has 5 nitrogen and oxygen atoms in total. The molecule has 0 saturated carbocycles. The number of carbonyl (C=O) groups is 2. The van der Waals surface area contributed by atoms with Crippen LogP contribution in [0.4, 0.5) is 0 Å². The molecule has 1 aliphatic rings. The molecule has 0 radical (unpaired) electrons. The van der Waals surface area contributed by atoms with Crippen LogP contribution in [0.5, 0.6) is 0 Å². The van der Waals surface area contributed by atoms with Crippen molar-refractivity contribution in [3.05, 3.63) is 33.8 Å². The Kier molecular flexibility index (Phi) is 8.54. The Balaban J connectivity index is 2.04. The number of likely N-dealkylation sites (N-methyl/N-ethyl adjacent to an activating group) is 1. The van der Waals surface area contributed by atoms with Crippen molar-refractivity contribution in [2.75, 3.05) is 32.2 Å². The second-order valence-corrected chi connectivity index (χ2v) is 8.11. The van der Waals surface area contributed by atoms with Gasteiger partial charge in [-0.1, -0.05) is 23.2 Å². The van der Waals surface area contributed by atoms with E-state index in [1.54, 1.807) is 35.8 Å². The van der Waals surface area contributed by atoms with Gasteiger partial charge in [-0.05, 0) is 49.5 Å². The fourth-order valence-corrected chi connectivity index (χ4v) is 3.82. The molecule has 1 aliphatic heterocycles. The number of benzene rings is 1. The third-order valence-electron chi connectivity index (χ3n) is 4.27. The minimum atomic E-state index is -0.604. The van der Waals surface area contributed by atoms with Crippen LogP contribution in [-0.4, -0.2) is 61.1 Å². The van der Waals surface area contributed by atoms with Crippen molar-refractivity contribution >= 4 is 46.8 Å². The molecule has 1 aromatic carbocycles. The number of nitrogens with one attached hydrogen (secondary N) is 1. The Labute approximate surface area is 168 Å². The van der Waals surface area contributed by atoms with Gasteiger partial charge in [0.05, 0.1) is 16.7 Å². The lowest BCUT2D eigenvalue weighted by Gasteiger charge is -2.26. The molecule has 0 aromatic heterocycles. The zero-order chi connectivity index (χ0) is 19.1. The maximum atomic E-state index is 12.8. The SMILES string of the molecule is CSCCC(NC(=O)c1ccc(Cl)cc1Cl)C(=O)N(C)CC1CCCO1. The maximum absolute atomic E-state index is 12.8. The molecular formula is C18H24Cl2N2O3S. The summed E-state index contributed by atoms with van der Waals surface area (Å²) in [7, 11) is 1.75. The molecule has 1 N–H and O–H groups in total. The van der Waals surface area contributed by atoms with E-state index in [0.29, 0.717) is 23.6 Å². The molecule has 1 aromatic rings. The molecule has 2 unspecified atom stereocenters. The Morgan fingerprint density at radius 1 is 1.42 bits per heavy atom. The fourth-order valence-electron chi connectivity index (χ4n) is 2.85. The summed E-state index contributed by atoms with van der Waals surface area (Å²) in [5.41, 5.74) is 0.305. The van der Waals surface area contributed by atoms with E-state index in [0.717, 1.165) is 25.2 Å². The van der Waals surface area contributed by atoms with Crippen molar-refractivity contribution in [3.8, 4) is 0 Å². The first-order chi connectivity index (χ1) is 12.4. The minimum absolute atomic E-state index is 0.0755. The molecule has 2 amide bonds. The van der Waals surface area contributed by atoms with Crippen molar-refractivity contribution in [2.24, 2.45) is 0 Å². The van der Waals surface area contributed by atoms with E-state index in [4.69, 9.17) is 27.9 Å². The van der Waals surface area contributed by atoms with Gasteiger partial charge in [-0.15, -0.1) is 0 Å². The van der Waals surface area contributed by atoms with Crippen molar-refractivity contribution < 1.29 is 14.3 Å². The quantitative estimate of drug-likeness (QED) is 0.701. The first-order valence-corrected chi connectivity index (χ1v) is 10.7. The average Bonchev–Trinajstić information content (AvgIpc) is 3.10. The highest BCUT2D eigenvalue weighted by molar-refractivity contribution is 7.98. The number of ether oxygens (including phenoxy) is 1. The highest BCUT2D eigenvalue weighted by Crippen LogP contribution is 2.21. The standard InChI is InChI=1S/C18H24Cl2N2O3S/c1-22(11-13-4-3-8-25-13)18(24)16(7-9-26-2)21-17(23)14-6-5-12(19)10-15(14)20/h5-6,10,13,16H,3-4,7-9,11H2,1-2H3,(H,21,23). The zero-order valence-corrected chi connectivity index (χ0v) is 17.3. The van der Waals surface area contributed by atoms with Gasteiger partial charge in [0, 0.05) is 25.2 Å². The fraction of sp³-hybridized carbons (Fsp3) is 0.556. The number of amides is 2. The van der Waals surface area contributed by atoms with E-state index < -0.39 is 6.04 Å². The van der Waals surface area contributed by atoms with Gasteiger partial charge in [-0.3, -0.25) is 9.59 Å². The summed E-state index contributed by atoms with van der Waals surface area (Å²) >= 11 is 13.6. The number of halogens is 2. The van der Waals surface area contributed by atoms with Crippen LogP contribution in [0.1, 0.15) is 29.6 Å². The predicted octanol–water partition coefficient (Wildman–Crippen LogP) is 3.48. The van der Waals surface area contributed by atoms with E-state index >= 15 is 0 Å². The molecule has 1 saturated heterocycles. The first-order valence-electron chi connectivity index (χ1n) is 8.53. The number of hydrogen-bond donors (Lipinski definition) is 1. The molecule has 0 aliphatic carbocycles.